The first-order valence-corrected chi connectivity index (χ1v) is 8.39. The predicted octanol–water partition coefficient (Wildman–Crippen LogP) is -0.514. The van der Waals surface area contributed by atoms with Gasteiger partial charge in [-0.3, -0.25) is 9.59 Å². The second-order valence-electron chi connectivity index (χ2n) is 5.15. The lowest BCUT2D eigenvalue weighted by Gasteiger charge is -2.32. The number of piperidine rings is 1. The fraction of sp³-hybridized carbons (Fsp3) is 0.833. The van der Waals surface area contributed by atoms with Crippen LogP contribution in [-0.4, -0.2) is 67.2 Å². The zero-order valence-electron chi connectivity index (χ0n) is 12.4. The normalized spacial score (nSPS) is 20.4. The number of hydrogen-bond donors (Lipinski definition) is 2. The zero-order valence-corrected chi connectivity index (χ0v) is 13.2. The molecule has 1 heterocycles. The summed E-state index contributed by atoms with van der Waals surface area (Å²) in [6, 6.07) is 0. The van der Waals surface area contributed by atoms with Crippen LogP contribution < -0.4 is 5.32 Å². The standard InChI is InChI=1S/C12H23N3O5S/c1-3-6-13-11(16)9-14(2)21(19,20)15-7-4-5-10(8-15)12(17)18/h10H,3-9H2,1-2H3,(H,13,16)(H,17,18). The second-order valence-corrected chi connectivity index (χ2v) is 7.18. The first-order chi connectivity index (χ1) is 9.78. The third-order valence-electron chi connectivity index (χ3n) is 3.39. The van der Waals surface area contributed by atoms with E-state index in [1.807, 2.05) is 6.92 Å². The van der Waals surface area contributed by atoms with Crippen LogP contribution in [0.2, 0.25) is 0 Å². The van der Waals surface area contributed by atoms with Crippen molar-refractivity contribution in [2.45, 2.75) is 26.2 Å². The predicted molar refractivity (Wildman–Crippen MR) is 76.8 cm³/mol. The fourth-order valence-corrected chi connectivity index (χ4v) is 3.56. The molecule has 0 radical (unpaired) electrons. The molecule has 0 aromatic heterocycles. The van der Waals surface area contributed by atoms with Gasteiger partial charge < -0.3 is 10.4 Å². The van der Waals surface area contributed by atoms with Crippen LogP contribution in [0.15, 0.2) is 0 Å². The molecule has 1 saturated heterocycles. The van der Waals surface area contributed by atoms with E-state index in [0.29, 0.717) is 19.4 Å². The number of carbonyl (C=O) groups is 2. The molecule has 1 aliphatic rings. The first-order valence-electron chi connectivity index (χ1n) is 7.00. The Morgan fingerprint density at radius 1 is 1.43 bits per heavy atom. The van der Waals surface area contributed by atoms with Crippen molar-refractivity contribution in [3.05, 3.63) is 0 Å². The van der Waals surface area contributed by atoms with Crippen LogP contribution in [-0.2, 0) is 19.8 Å². The molecule has 1 atom stereocenters. The summed E-state index contributed by atoms with van der Waals surface area (Å²) < 4.78 is 26.8. The number of hydrogen-bond acceptors (Lipinski definition) is 4. The number of carboxylic acids is 1. The Bertz CT molecular complexity index is 479. The summed E-state index contributed by atoms with van der Waals surface area (Å²) in [5.74, 6) is -2.04. The highest BCUT2D eigenvalue weighted by atomic mass is 32.2. The average Bonchev–Trinajstić information content (AvgIpc) is 2.45. The molecule has 0 aliphatic carbocycles. The van der Waals surface area contributed by atoms with Gasteiger partial charge in [0, 0.05) is 26.7 Å². The van der Waals surface area contributed by atoms with Gasteiger partial charge in [-0.05, 0) is 19.3 Å². The Morgan fingerprint density at radius 3 is 2.67 bits per heavy atom. The molecule has 2 N–H and O–H groups in total. The monoisotopic (exact) mass is 321 g/mol. The van der Waals surface area contributed by atoms with E-state index in [2.05, 4.69) is 5.32 Å². The summed E-state index contributed by atoms with van der Waals surface area (Å²) in [7, 11) is -2.48. The van der Waals surface area contributed by atoms with E-state index in [1.165, 1.54) is 7.05 Å². The van der Waals surface area contributed by atoms with Gasteiger partial charge in [0.25, 0.3) is 10.2 Å². The lowest BCUT2D eigenvalue weighted by Crippen LogP contribution is -2.50. The van der Waals surface area contributed by atoms with Gasteiger partial charge in [-0.25, -0.2) is 0 Å². The van der Waals surface area contributed by atoms with Gasteiger partial charge in [0.1, 0.15) is 0 Å². The fourth-order valence-electron chi connectivity index (χ4n) is 2.15. The van der Waals surface area contributed by atoms with Crippen LogP contribution in [0.5, 0.6) is 0 Å². The summed E-state index contributed by atoms with van der Waals surface area (Å²) in [4.78, 5) is 22.6. The van der Waals surface area contributed by atoms with E-state index < -0.39 is 22.1 Å². The second kappa shape index (κ2) is 7.71. The first kappa shape index (κ1) is 17.9. The largest absolute Gasteiger partial charge is 0.481 e. The van der Waals surface area contributed by atoms with E-state index in [9.17, 15) is 18.0 Å². The molecular formula is C12H23N3O5S. The Labute approximate surface area is 125 Å². The number of carbonyl (C=O) groups excluding carboxylic acids is 1. The van der Waals surface area contributed by atoms with Crippen LogP contribution in [0, 0.1) is 5.92 Å². The molecule has 8 nitrogen and oxygen atoms in total. The number of nitrogens with zero attached hydrogens (tertiary/aromatic N) is 2. The van der Waals surface area contributed by atoms with E-state index >= 15 is 0 Å². The number of nitrogens with one attached hydrogen (secondary N) is 1. The molecule has 1 rings (SSSR count). The minimum atomic E-state index is -3.81. The summed E-state index contributed by atoms with van der Waals surface area (Å²) >= 11 is 0. The molecule has 1 fully saturated rings. The minimum Gasteiger partial charge on any atom is -0.481 e. The van der Waals surface area contributed by atoms with E-state index in [4.69, 9.17) is 5.11 Å². The highest BCUT2D eigenvalue weighted by Gasteiger charge is 2.35. The molecule has 1 unspecified atom stereocenters. The molecule has 0 saturated carbocycles. The van der Waals surface area contributed by atoms with Crippen molar-refractivity contribution in [1.29, 1.82) is 0 Å². The third kappa shape index (κ3) is 4.94. The van der Waals surface area contributed by atoms with Crippen LogP contribution in [0.25, 0.3) is 0 Å². The summed E-state index contributed by atoms with van der Waals surface area (Å²) in [6.45, 7) is 2.38. The molecule has 0 aromatic rings. The lowest BCUT2D eigenvalue weighted by atomic mass is 10.0. The van der Waals surface area contributed by atoms with Gasteiger partial charge in [0.05, 0.1) is 12.5 Å². The highest BCUT2D eigenvalue weighted by molar-refractivity contribution is 7.86. The van der Waals surface area contributed by atoms with Crippen molar-refractivity contribution in [1.82, 2.24) is 13.9 Å². The maximum atomic E-state index is 12.3. The van der Waals surface area contributed by atoms with E-state index in [-0.39, 0.29) is 25.5 Å². The van der Waals surface area contributed by atoms with Gasteiger partial charge in [0.2, 0.25) is 5.91 Å². The Hall–Kier alpha value is -1.19. The molecule has 1 amide bonds. The molecular weight excluding hydrogens is 298 g/mol. The summed E-state index contributed by atoms with van der Waals surface area (Å²) in [6.07, 6.45) is 1.75. The molecule has 0 spiro atoms. The number of likely N-dealkylation sites (N-methyl/N-ethyl adjacent to an activating group) is 1. The van der Waals surface area contributed by atoms with Crippen molar-refractivity contribution >= 4 is 22.1 Å². The maximum absolute atomic E-state index is 12.3. The molecule has 0 bridgehead atoms. The van der Waals surface area contributed by atoms with Crippen LogP contribution in [0.1, 0.15) is 26.2 Å². The quantitative estimate of drug-likeness (QED) is 0.656. The molecule has 0 aromatic carbocycles. The van der Waals surface area contributed by atoms with Crippen molar-refractivity contribution in [3.63, 3.8) is 0 Å². The zero-order chi connectivity index (χ0) is 16.0. The van der Waals surface area contributed by atoms with Crippen LogP contribution in [0.3, 0.4) is 0 Å². The minimum absolute atomic E-state index is 0.0431. The van der Waals surface area contributed by atoms with Gasteiger partial charge in [-0.2, -0.15) is 17.0 Å². The molecule has 122 valence electrons. The van der Waals surface area contributed by atoms with Gasteiger partial charge in [-0.15, -0.1) is 0 Å². The smallest absolute Gasteiger partial charge is 0.307 e. The summed E-state index contributed by atoms with van der Waals surface area (Å²) in [5.41, 5.74) is 0. The Morgan fingerprint density at radius 2 is 2.10 bits per heavy atom. The molecule has 1 aliphatic heterocycles. The van der Waals surface area contributed by atoms with E-state index in [0.717, 1.165) is 15.0 Å². The van der Waals surface area contributed by atoms with Gasteiger partial charge in [0.15, 0.2) is 0 Å². The van der Waals surface area contributed by atoms with E-state index in [1.54, 1.807) is 0 Å². The van der Waals surface area contributed by atoms with Crippen LogP contribution >= 0.6 is 0 Å². The Balaban J connectivity index is 2.66. The topological polar surface area (TPSA) is 107 Å². The van der Waals surface area contributed by atoms with Gasteiger partial charge >= 0.3 is 5.97 Å². The highest BCUT2D eigenvalue weighted by Crippen LogP contribution is 2.20. The van der Waals surface area contributed by atoms with Crippen molar-refractivity contribution < 1.29 is 23.1 Å². The average molecular weight is 321 g/mol. The number of amides is 1. The van der Waals surface area contributed by atoms with Crippen molar-refractivity contribution in [2.75, 3.05) is 33.2 Å². The Kier molecular flexibility index (Phi) is 6.56. The summed E-state index contributed by atoms with van der Waals surface area (Å²) in [5, 5.41) is 11.6. The maximum Gasteiger partial charge on any atom is 0.307 e. The SMILES string of the molecule is CCCNC(=O)CN(C)S(=O)(=O)N1CCCC(C(=O)O)C1. The van der Waals surface area contributed by atoms with Gasteiger partial charge in [-0.1, -0.05) is 6.92 Å². The number of aliphatic carboxylic acids is 1. The molecule has 21 heavy (non-hydrogen) atoms. The van der Waals surface area contributed by atoms with Crippen LogP contribution in [0.4, 0.5) is 0 Å². The molecule has 9 heteroatoms. The third-order valence-corrected chi connectivity index (χ3v) is 5.29. The van der Waals surface area contributed by atoms with Crippen molar-refractivity contribution in [3.8, 4) is 0 Å². The lowest BCUT2D eigenvalue weighted by molar-refractivity contribution is -0.143. The number of rotatable bonds is 7. The number of carboxylic acid groups (broad SMARTS) is 1. The van der Waals surface area contributed by atoms with Crippen molar-refractivity contribution in [2.24, 2.45) is 5.92 Å².